The van der Waals surface area contributed by atoms with Gasteiger partial charge in [0.05, 0.1) is 6.04 Å². The Kier molecular flexibility index (Phi) is 2.70. The van der Waals surface area contributed by atoms with E-state index in [0.717, 1.165) is 19.6 Å². The summed E-state index contributed by atoms with van der Waals surface area (Å²) >= 11 is 0. The van der Waals surface area contributed by atoms with E-state index in [0.29, 0.717) is 6.04 Å². The van der Waals surface area contributed by atoms with Crippen LogP contribution in [0.3, 0.4) is 0 Å². The summed E-state index contributed by atoms with van der Waals surface area (Å²) in [6.45, 7) is 5.38. The number of aliphatic imine (C=N–C) groups is 1. The number of nitrogens with zero attached hydrogens (tertiary/aromatic N) is 2. The molecule has 0 aromatic heterocycles. The molecule has 1 aliphatic rings. The molecule has 1 heterocycles. The Morgan fingerprint density at radius 2 is 2.18 bits per heavy atom. The second-order valence-corrected chi connectivity index (χ2v) is 2.97. The van der Waals surface area contributed by atoms with Gasteiger partial charge in [0.25, 0.3) is 0 Å². The van der Waals surface area contributed by atoms with Gasteiger partial charge in [-0.05, 0) is 13.0 Å². The first-order chi connectivity index (χ1) is 5.22. The van der Waals surface area contributed by atoms with Crippen LogP contribution in [0.2, 0.25) is 0 Å². The van der Waals surface area contributed by atoms with Crippen LogP contribution in [-0.4, -0.2) is 36.5 Å². The molecule has 0 atom stereocenters. The molecule has 4 N–H and O–H groups in total. The van der Waals surface area contributed by atoms with Gasteiger partial charge in [0.2, 0.25) is 0 Å². The van der Waals surface area contributed by atoms with Crippen molar-refractivity contribution in [3.05, 3.63) is 0 Å². The maximum absolute atomic E-state index is 5.23. The molecule has 1 rings (SSSR count). The third kappa shape index (κ3) is 2.38. The van der Waals surface area contributed by atoms with Crippen LogP contribution < -0.4 is 11.5 Å². The number of hydrogen-bond acceptors (Lipinski definition) is 2. The largest absolute Gasteiger partial charge is 0.370 e. The molecular weight excluding hydrogens is 140 g/mol. The molecule has 11 heavy (non-hydrogen) atoms. The lowest BCUT2D eigenvalue weighted by Crippen LogP contribution is -2.51. The van der Waals surface area contributed by atoms with E-state index in [1.54, 1.807) is 0 Å². The summed E-state index contributed by atoms with van der Waals surface area (Å²) in [5, 5.41) is 0. The Labute approximate surface area is 67.3 Å². The maximum Gasteiger partial charge on any atom is 0.186 e. The van der Waals surface area contributed by atoms with Gasteiger partial charge in [-0.25, -0.2) is 4.99 Å². The minimum absolute atomic E-state index is 0.214. The molecule has 0 aliphatic carbocycles. The number of hydrogen-bond donors (Lipinski definition) is 2. The van der Waals surface area contributed by atoms with E-state index < -0.39 is 0 Å². The predicted octanol–water partition coefficient (Wildman–Crippen LogP) is -0.646. The summed E-state index contributed by atoms with van der Waals surface area (Å²) in [6.07, 6.45) is 1.20. The molecule has 1 fully saturated rings. The van der Waals surface area contributed by atoms with E-state index in [9.17, 15) is 0 Å². The summed E-state index contributed by atoms with van der Waals surface area (Å²) in [5.74, 6) is 0.214. The molecule has 4 heteroatoms. The second kappa shape index (κ2) is 3.57. The van der Waals surface area contributed by atoms with Gasteiger partial charge in [0.1, 0.15) is 0 Å². The van der Waals surface area contributed by atoms with Crippen LogP contribution in [0.5, 0.6) is 0 Å². The van der Waals surface area contributed by atoms with Crippen molar-refractivity contribution in [1.82, 2.24) is 4.90 Å². The van der Waals surface area contributed by atoms with Crippen molar-refractivity contribution in [2.45, 2.75) is 19.4 Å². The van der Waals surface area contributed by atoms with Crippen LogP contribution in [0.25, 0.3) is 0 Å². The summed E-state index contributed by atoms with van der Waals surface area (Å²) in [7, 11) is 0. The van der Waals surface area contributed by atoms with Gasteiger partial charge < -0.3 is 11.5 Å². The SMILES string of the molecule is CCCN1CC(N=C(N)N)C1. The smallest absolute Gasteiger partial charge is 0.186 e. The molecule has 0 bridgehead atoms. The first-order valence-corrected chi connectivity index (χ1v) is 4.03. The zero-order chi connectivity index (χ0) is 8.27. The van der Waals surface area contributed by atoms with Gasteiger partial charge in [-0.3, -0.25) is 4.90 Å². The lowest BCUT2D eigenvalue weighted by molar-refractivity contribution is 0.152. The number of likely N-dealkylation sites (tertiary alicyclic amines) is 1. The highest BCUT2D eigenvalue weighted by molar-refractivity contribution is 5.75. The predicted molar refractivity (Wildman–Crippen MR) is 46.3 cm³/mol. The highest BCUT2D eigenvalue weighted by Crippen LogP contribution is 2.10. The zero-order valence-electron chi connectivity index (χ0n) is 6.95. The fourth-order valence-corrected chi connectivity index (χ4v) is 1.33. The molecule has 0 radical (unpaired) electrons. The second-order valence-electron chi connectivity index (χ2n) is 2.97. The van der Waals surface area contributed by atoms with Crippen molar-refractivity contribution < 1.29 is 0 Å². The molecule has 0 spiro atoms. The van der Waals surface area contributed by atoms with Crippen molar-refractivity contribution in [1.29, 1.82) is 0 Å². The van der Waals surface area contributed by atoms with Crippen molar-refractivity contribution in [3.8, 4) is 0 Å². The Morgan fingerprint density at radius 1 is 1.55 bits per heavy atom. The molecule has 0 amide bonds. The van der Waals surface area contributed by atoms with Crippen LogP contribution in [0.15, 0.2) is 4.99 Å². The lowest BCUT2D eigenvalue weighted by atomic mass is 10.1. The number of nitrogens with two attached hydrogens (primary N) is 2. The normalized spacial score (nSPS) is 19.4. The summed E-state index contributed by atoms with van der Waals surface area (Å²) < 4.78 is 0. The van der Waals surface area contributed by atoms with Gasteiger partial charge in [0.15, 0.2) is 5.96 Å². The molecular formula is C7H16N4. The average molecular weight is 156 g/mol. The third-order valence-electron chi connectivity index (χ3n) is 1.81. The van der Waals surface area contributed by atoms with Gasteiger partial charge in [0, 0.05) is 13.1 Å². The molecule has 4 nitrogen and oxygen atoms in total. The summed E-state index contributed by atoms with van der Waals surface area (Å²) in [5.41, 5.74) is 10.5. The van der Waals surface area contributed by atoms with Crippen molar-refractivity contribution in [2.24, 2.45) is 16.5 Å². The van der Waals surface area contributed by atoms with E-state index in [1.807, 2.05) is 0 Å². The molecule has 0 saturated carbocycles. The fourth-order valence-electron chi connectivity index (χ4n) is 1.33. The van der Waals surface area contributed by atoms with E-state index in [1.165, 1.54) is 6.42 Å². The van der Waals surface area contributed by atoms with Crippen LogP contribution in [0.4, 0.5) is 0 Å². The molecule has 1 saturated heterocycles. The highest BCUT2D eigenvalue weighted by atomic mass is 15.2. The minimum atomic E-state index is 0.214. The Balaban J connectivity index is 2.14. The minimum Gasteiger partial charge on any atom is -0.370 e. The first kappa shape index (κ1) is 8.33. The number of rotatable bonds is 3. The monoisotopic (exact) mass is 156 g/mol. The first-order valence-electron chi connectivity index (χ1n) is 4.03. The molecule has 0 aromatic rings. The van der Waals surface area contributed by atoms with Crippen molar-refractivity contribution in [2.75, 3.05) is 19.6 Å². The Bertz CT molecular complexity index is 145. The van der Waals surface area contributed by atoms with Gasteiger partial charge in [-0.2, -0.15) is 0 Å². The molecule has 0 aromatic carbocycles. The standard InChI is InChI=1S/C7H16N4/c1-2-3-11-4-6(5-11)10-7(8)9/h6H,2-5H2,1H3,(H4,8,9,10). The Morgan fingerprint density at radius 3 is 2.64 bits per heavy atom. The fraction of sp³-hybridized carbons (Fsp3) is 0.857. The lowest BCUT2D eigenvalue weighted by Gasteiger charge is -2.36. The Hall–Kier alpha value is -0.770. The topological polar surface area (TPSA) is 67.6 Å². The maximum atomic E-state index is 5.23. The van der Waals surface area contributed by atoms with Crippen LogP contribution in [0.1, 0.15) is 13.3 Å². The van der Waals surface area contributed by atoms with Crippen molar-refractivity contribution in [3.63, 3.8) is 0 Å². The van der Waals surface area contributed by atoms with Crippen molar-refractivity contribution >= 4 is 5.96 Å². The third-order valence-corrected chi connectivity index (χ3v) is 1.81. The van der Waals surface area contributed by atoms with Gasteiger partial charge in [-0.15, -0.1) is 0 Å². The number of guanidine groups is 1. The van der Waals surface area contributed by atoms with Crippen LogP contribution in [0, 0.1) is 0 Å². The molecule has 1 aliphatic heterocycles. The van der Waals surface area contributed by atoms with Gasteiger partial charge >= 0.3 is 0 Å². The van der Waals surface area contributed by atoms with Gasteiger partial charge in [-0.1, -0.05) is 6.92 Å². The van der Waals surface area contributed by atoms with E-state index >= 15 is 0 Å². The van der Waals surface area contributed by atoms with Crippen LogP contribution >= 0.6 is 0 Å². The van der Waals surface area contributed by atoms with E-state index in [2.05, 4.69) is 16.8 Å². The quantitative estimate of drug-likeness (QED) is 0.421. The summed E-state index contributed by atoms with van der Waals surface area (Å²) in [4.78, 5) is 6.39. The molecule has 64 valence electrons. The molecule has 0 unspecified atom stereocenters. The van der Waals surface area contributed by atoms with E-state index in [-0.39, 0.29) is 5.96 Å². The summed E-state index contributed by atoms with van der Waals surface area (Å²) in [6, 6.07) is 0.353. The van der Waals surface area contributed by atoms with Crippen LogP contribution in [-0.2, 0) is 0 Å². The average Bonchev–Trinajstić information content (AvgIpc) is 1.82. The van der Waals surface area contributed by atoms with E-state index in [4.69, 9.17) is 11.5 Å². The zero-order valence-corrected chi connectivity index (χ0v) is 6.95. The highest BCUT2D eigenvalue weighted by Gasteiger charge is 2.24.